The molecule has 20 heavy (non-hydrogen) atoms. The molecule has 0 amide bonds. The van der Waals surface area contributed by atoms with Crippen LogP contribution in [-0.4, -0.2) is 28.2 Å². The van der Waals surface area contributed by atoms with Gasteiger partial charge in [0.05, 0.1) is 5.69 Å². The fourth-order valence-corrected chi connectivity index (χ4v) is 2.74. The Morgan fingerprint density at radius 2 is 2.05 bits per heavy atom. The summed E-state index contributed by atoms with van der Waals surface area (Å²) in [5, 5.41) is 12.2. The number of aliphatic hydroxyl groups excluding tert-OH is 1. The van der Waals surface area contributed by atoms with Crippen molar-refractivity contribution in [3.63, 3.8) is 0 Å². The molecule has 0 aliphatic heterocycles. The predicted molar refractivity (Wildman–Crippen MR) is 79.7 cm³/mol. The van der Waals surface area contributed by atoms with E-state index in [2.05, 4.69) is 39.6 Å². The number of rotatable bonds is 4. The fourth-order valence-electron chi connectivity index (χ4n) is 2.74. The molecule has 3 rings (SSSR count). The quantitative estimate of drug-likeness (QED) is 0.837. The van der Waals surface area contributed by atoms with Crippen LogP contribution in [0.4, 0.5) is 5.82 Å². The number of nitrogens with zero attached hydrogens (tertiary/aromatic N) is 2. The summed E-state index contributed by atoms with van der Waals surface area (Å²) < 4.78 is 0. The van der Waals surface area contributed by atoms with Crippen LogP contribution in [0.25, 0.3) is 11.3 Å². The average molecular weight is 269 g/mol. The average Bonchev–Trinajstić information content (AvgIpc) is 2.68. The van der Waals surface area contributed by atoms with Crippen molar-refractivity contribution < 1.29 is 5.11 Å². The molecule has 0 unspecified atom stereocenters. The summed E-state index contributed by atoms with van der Waals surface area (Å²) in [6.45, 7) is 0.935. The van der Waals surface area contributed by atoms with Crippen LogP contribution in [0.3, 0.4) is 0 Å². The summed E-state index contributed by atoms with van der Waals surface area (Å²) >= 11 is 0. The van der Waals surface area contributed by atoms with Gasteiger partial charge in [-0.2, -0.15) is 0 Å². The van der Waals surface area contributed by atoms with Gasteiger partial charge in [0.1, 0.15) is 12.1 Å². The van der Waals surface area contributed by atoms with Crippen LogP contribution in [0.5, 0.6) is 0 Å². The van der Waals surface area contributed by atoms with Crippen molar-refractivity contribution >= 4 is 5.82 Å². The highest BCUT2D eigenvalue weighted by Gasteiger charge is 2.18. The van der Waals surface area contributed by atoms with Crippen LogP contribution in [-0.2, 0) is 12.8 Å². The first kappa shape index (κ1) is 13.1. The van der Waals surface area contributed by atoms with Crippen molar-refractivity contribution in [3.8, 4) is 11.3 Å². The van der Waals surface area contributed by atoms with E-state index in [1.54, 1.807) is 6.33 Å². The molecule has 4 heteroatoms. The topological polar surface area (TPSA) is 58.0 Å². The highest BCUT2D eigenvalue weighted by atomic mass is 16.3. The molecule has 4 nitrogen and oxygen atoms in total. The van der Waals surface area contributed by atoms with Gasteiger partial charge in [-0.05, 0) is 31.2 Å². The molecule has 0 atom stereocenters. The summed E-state index contributed by atoms with van der Waals surface area (Å²) in [6, 6.07) is 8.48. The van der Waals surface area contributed by atoms with Crippen LogP contribution >= 0.6 is 0 Å². The van der Waals surface area contributed by atoms with Crippen molar-refractivity contribution in [2.45, 2.75) is 25.7 Å². The van der Waals surface area contributed by atoms with Crippen LogP contribution in [0.1, 0.15) is 24.0 Å². The zero-order valence-electron chi connectivity index (χ0n) is 11.5. The molecule has 0 saturated carbocycles. The van der Waals surface area contributed by atoms with Crippen molar-refractivity contribution in [2.24, 2.45) is 0 Å². The number of aryl methyl sites for hydroxylation is 1. The lowest BCUT2D eigenvalue weighted by Gasteiger charge is -2.13. The molecular formula is C16H19N3O. The molecule has 0 spiro atoms. The van der Waals surface area contributed by atoms with Crippen molar-refractivity contribution in [1.82, 2.24) is 9.97 Å². The SMILES string of the molecule is OCCCNc1ncnc2c1CCCc1ccccc1-2. The van der Waals surface area contributed by atoms with E-state index in [0.717, 1.165) is 43.7 Å². The number of anilines is 1. The summed E-state index contributed by atoms with van der Waals surface area (Å²) in [5.74, 6) is 0.917. The fraction of sp³-hybridized carbons (Fsp3) is 0.375. The molecule has 1 aliphatic rings. The molecular weight excluding hydrogens is 250 g/mol. The third-order valence-corrected chi connectivity index (χ3v) is 3.72. The highest BCUT2D eigenvalue weighted by molar-refractivity contribution is 5.72. The first-order valence-corrected chi connectivity index (χ1v) is 7.17. The van der Waals surface area contributed by atoms with E-state index in [1.165, 1.54) is 16.7 Å². The van der Waals surface area contributed by atoms with E-state index < -0.39 is 0 Å². The Kier molecular flexibility index (Phi) is 3.92. The molecule has 1 heterocycles. The van der Waals surface area contributed by atoms with Gasteiger partial charge in [-0.25, -0.2) is 9.97 Å². The lowest BCUT2D eigenvalue weighted by atomic mass is 10.0. The number of hydrogen-bond donors (Lipinski definition) is 2. The van der Waals surface area contributed by atoms with Gasteiger partial charge in [0.2, 0.25) is 0 Å². The molecule has 1 aromatic heterocycles. The molecule has 2 N–H and O–H groups in total. The predicted octanol–water partition coefficient (Wildman–Crippen LogP) is 2.43. The number of hydrogen-bond acceptors (Lipinski definition) is 4. The Bertz CT molecular complexity index is 598. The molecule has 0 radical (unpaired) electrons. The minimum absolute atomic E-state index is 0.198. The third kappa shape index (κ3) is 2.51. The number of aromatic nitrogens is 2. The van der Waals surface area contributed by atoms with E-state index in [9.17, 15) is 0 Å². The summed E-state index contributed by atoms with van der Waals surface area (Å²) in [6.07, 6.45) is 5.55. The Morgan fingerprint density at radius 1 is 1.15 bits per heavy atom. The zero-order valence-corrected chi connectivity index (χ0v) is 11.5. The number of benzene rings is 1. The lowest BCUT2D eigenvalue weighted by Crippen LogP contribution is -2.09. The second-order valence-corrected chi connectivity index (χ2v) is 5.06. The highest BCUT2D eigenvalue weighted by Crippen LogP contribution is 2.33. The van der Waals surface area contributed by atoms with Gasteiger partial charge in [-0.1, -0.05) is 24.3 Å². The van der Waals surface area contributed by atoms with Crippen molar-refractivity contribution in [3.05, 3.63) is 41.7 Å². The summed E-state index contributed by atoms with van der Waals surface area (Å²) in [7, 11) is 0. The molecule has 104 valence electrons. The zero-order chi connectivity index (χ0) is 13.8. The lowest BCUT2D eigenvalue weighted by molar-refractivity contribution is 0.292. The monoisotopic (exact) mass is 269 g/mol. The Labute approximate surface area is 118 Å². The number of aliphatic hydroxyl groups is 1. The third-order valence-electron chi connectivity index (χ3n) is 3.72. The van der Waals surface area contributed by atoms with E-state index in [1.807, 2.05) is 0 Å². The van der Waals surface area contributed by atoms with Crippen molar-refractivity contribution in [1.29, 1.82) is 0 Å². The Morgan fingerprint density at radius 3 is 2.95 bits per heavy atom. The Hall–Kier alpha value is -1.94. The smallest absolute Gasteiger partial charge is 0.133 e. The first-order chi connectivity index (χ1) is 9.90. The van der Waals surface area contributed by atoms with Gasteiger partial charge in [-0.15, -0.1) is 0 Å². The van der Waals surface area contributed by atoms with Crippen LogP contribution < -0.4 is 5.32 Å². The normalized spacial score (nSPS) is 13.2. The summed E-state index contributed by atoms with van der Waals surface area (Å²) in [5.41, 5.74) is 4.86. The minimum atomic E-state index is 0.198. The van der Waals surface area contributed by atoms with E-state index >= 15 is 0 Å². The molecule has 0 saturated heterocycles. The van der Waals surface area contributed by atoms with Gasteiger partial charge in [0, 0.05) is 24.3 Å². The molecule has 2 aromatic rings. The maximum atomic E-state index is 8.89. The van der Waals surface area contributed by atoms with Gasteiger partial charge < -0.3 is 10.4 Å². The molecule has 1 aromatic carbocycles. The van der Waals surface area contributed by atoms with Gasteiger partial charge in [0.15, 0.2) is 0 Å². The first-order valence-electron chi connectivity index (χ1n) is 7.17. The van der Waals surface area contributed by atoms with Gasteiger partial charge in [-0.3, -0.25) is 0 Å². The van der Waals surface area contributed by atoms with E-state index in [4.69, 9.17) is 5.11 Å². The number of fused-ring (bicyclic) bond motifs is 3. The van der Waals surface area contributed by atoms with Crippen molar-refractivity contribution in [2.75, 3.05) is 18.5 Å². The maximum absolute atomic E-state index is 8.89. The molecule has 0 bridgehead atoms. The largest absolute Gasteiger partial charge is 0.396 e. The van der Waals surface area contributed by atoms with Crippen LogP contribution in [0, 0.1) is 0 Å². The number of nitrogens with one attached hydrogen (secondary N) is 1. The van der Waals surface area contributed by atoms with Crippen LogP contribution in [0.2, 0.25) is 0 Å². The van der Waals surface area contributed by atoms with E-state index in [0.29, 0.717) is 0 Å². The summed E-state index contributed by atoms with van der Waals surface area (Å²) in [4.78, 5) is 8.88. The van der Waals surface area contributed by atoms with Gasteiger partial charge in [0.25, 0.3) is 0 Å². The minimum Gasteiger partial charge on any atom is -0.396 e. The Balaban J connectivity index is 2.00. The molecule has 0 fully saturated rings. The van der Waals surface area contributed by atoms with Crippen LogP contribution in [0.15, 0.2) is 30.6 Å². The second-order valence-electron chi connectivity index (χ2n) is 5.06. The second kappa shape index (κ2) is 6.01. The maximum Gasteiger partial charge on any atom is 0.133 e. The standard InChI is InChI=1S/C16H19N3O/c20-10-4-9-17-16-14-8-3-6-12-5-1-2-7-13(12)15(14)18-11-19-16/h1-2,5,7,11,20H,3-4,6,8-10H2,(H,17,18,19). The molecule has 1 aliphatic carbocycles. The van der Waals surface area contributed by atoms with Gasteiger partial charge >= 0.3 is 0 Å². The van der Waals surface area contributed by atoms with E-state index in [-0.39, 0.29) is 6.61 Å².